The van der Waals surface area contributed by atoms with Crippen LogP contribution in [0.15, 0.2) is 0 Å². The molecular formula is C11H22F3NO. The third kappa shape index (κ3) is 5.70. The van der Waals surface area contributed by atoms with Crippen molar-refractivity contribution in [1.82, 2.24) is 5.32 Å². The van der Waals surface area contributed by atoms with Gasteiger partial charge in [0.05, 0.1) is 6.10 Å². The Morgan fingerprint density at radius 2 is 1.75 bits per heavy atom. The second-order valence-electron chi connectivity index (χ2n) is 3.99. The van der Waals surface area contributed by atoms with Gasteiger partial charge in [-0.2, -0.15) is 13.2 Å². The van der Waals surface area contributed by atoms with Crippen molar-refractivity contribution in [3.63, 3.8) is 0 Å². The van der Waals surface area contributed by atoms with E-state index >= 15 is 0 Å². The summed E-state index contributed by atoms with van der Waals surface area (Å²) in [6.07, 6.45) is -4.71. The molecule has 0 aliphatic heterocycles. The molecule has 0 amide bonds. The standard InChI is InChI=1S/C11H22F3NO/c1-5-7-15-10(6-2)8(3)16-9(4)11(12,13)14/h8-10,15H,5-7H2,1-4H3. The molecule has 3 unspecified atom stereocenters. The number of alkyl halides is 3. The number of halogens is 3. The Bertz CT molecular complexity index is 185. The van der Waals surface area contributed by atoms with Gasteiger partial charge in [-0.3, -0.25) is 0 Å². The fraction of sp³-hybridized carbons (Fsp3) is 1.00. The van der Waals surface area contributed by atoms with Gasteiger partial charge in [-0.05, 0) is 33.2 Å². The van der Waals surface area contributed by atoms with Crippen LogP contribution in [0.3, 0.4) is 0 Å². The van der Waals surface area contributed by atoms with E-state index in [0.717, 1.165) is 26.3 Å². The molecule has 1 N–H and O–H groups in total. The van der Waals surface area contributed by atoms with Gasteiger partial charge in [-0.1, -0.05) is 13.8 Å². The van der Waals surface area contributed by atoms with Crippen molar-refractivity contribution in [3.8, 4) is 0 Å². The normalized spacial score (nSPS) is 18.2. The average molecular weight is 241 g/mol. The largest absolute Gasteiger partial charge is 0.414 e. The number of hydrogen-bond donors (Lipinski definition) is 1. The van der Waals surface area contributed by atoms with E-state index in [2.05, 4.69) is 5.32 Å². The first kappa shape index (κ1) is 15.7. The molecule has 0 aromatic carbocycles. The Kier molecular flexibility index (Phi) is 6.99. The molecule has 98 valence electrons. The van der Waals surface area contributed by atoms with Crippen LogP contribution in [0.2, 0.25) is 0 Å². The number of hydrogen-bond acceptors (Lipinski definition) is 2. The molecule has 0 radical (unpaired) electrons. The number of rotatable bonds is 7. The minimum Gasteiger partial charge on any atom is -0.365 e. The summed E-state index contributed by atoms with van der Waals surface area (Å²) in [7, 11) is 0. The van der Waals surface area contributed by atoms with Gasteiger partial charge < -0.3 is 10.1 Å². The zero-order valence-electron chi connectivity index (χ0n) is 10.4. The summed E-state index contributed by atoms with van der Waals surface area (Å²) < 4.78 is 41.8. The van der Waals surface area contributed by atoms with Crippen molar-refractivity contribution in [2.24, 2.45) is 0 Å². The van der Waals surface area contributed by atoms with Crippen LogP contribution >= 0.6 is 0 Å². The van der Waals surface area contributed by atoms with Gasteiger partial charge >= 0.3 is 6.18 Å². The number of ether oxygens (including phenoxy) is 1. The molecule has 0 aromatic rings. The molecule has 0 aliphatic rings. The molecule has 0 rings (SSSR count). The maximum atomic E-state index is 12.3. The van der Waals surface area contributed by atoms with Crippen molar-refractivity contribution in [1.29, 1.82) is 0 Å². The van der Waals surface area contributed by atoms with E-state index in [1.807, 2.05) is 13.8 Å². The molecule has 0 fully saturated rings. The van der Waals surface area contributed by atoms with E-state index in [9.17, 15) is 13.2 Å². The van der Waals surface area contributed by atoms with Crippen LogP contribution < -0.4 is 5.32 Å². The van der Waals surface area contributed by atoms with Crippen molar-refractivity contribution in [2.45, 2.75) is 65.0 Å². The first-order chi connectivity index (χ1) is 7.32. The minimum absolute atomic E-state index is 0.0234. The zero-order chi connectivity index (χ0) is 12.8. The van der Waals surface area contributed by atoms with Crippen LogP contribution in [0.4, 0.5) is 13.2 Å². The predicted molar refractivity (Wildman–Crippen MR) is 58.4 cm³/mol. The van der Waals surface area contributed by atoms with Gasteiger partial charge in [0.1, 0.15) is 0 Å². The van der Waals surface area contributed by atoms with Crippen LogP contribution in [0.5, 0.6) is 0 Å². The van der Waals surface area contributed by atoms with E-state index in [1.54, 1.807) is 6.92 Å². The van der Waals surface area contributed by atoms with E-state index in [0.29, 0.717) is 0 Å². The SMILES string of the molecule is CCCNC(CC)C(C)OC(C)C(F)(F)F. The van der Waals surface area contributed by atoms with Gasteiger partial charge in [0.15, 0.2) is 6.10 Å². The van der Waals surface area contributed by atoms with Crippen molar-refractivity contribution in [2.75, 3.05) is 6.54 Å². The van der Waals surface area contributed by atoms with E-state index in [1.165, 1.54) is 0 Å². The van der Waals surface area contributed by atoms with Crippen LogP contribution in [-0.4, -0.2) is 31.0 Å². The average Bonchev–Trinajstić information content (AvgIpc) is 2.17. The van der Waals surface area contributed by atoms with Crippen molar-refractivity contribution >= 4 is 0 Å². The second kappa shape index (κ2) is 7.12. The fourth-order valence-corrected chi connectivity index (χ4v) is 1.47. The summed E-state index contributed by atoms with van der Waals surface area (Å²) in [6.45, 7) is 7.48. The Balaban J connectivity index is 4.14. The van der Waals surface area contributed by atoms with Crippen molar-refractivity contribution in [3.05, 3.63) is 0 Å². The summed E-state index contributed by atoms with van der Waals surface area (Å²) in [5.41, 5.74) is 0. The molecule has 3 atom stereocenters. The Morgan fingerprint density at radius 1 is 1.19 bits per heavy atom. The highest BCUT2D eigenvalue weighted by molar-refractivity contribution is 4.74. The molecule has 0 spiro atoms. The third-order valence-corrected chi connectivity index (χ3v) is 2.54. The summed E-state index contributed by atoms with van der Waals surface area (Å²) in [5.74, 6) is 0. The van der Waals surface area contributed by atoms with E-state index < -0.39 is 18.4 Å². The molecular weight excluding hydrogens is 219 g/mol. The summed E-state index contributed by atoms with van der Waals surface area (Å²) in [6, 6.07) is -0.0234. The highest BCUT2D eigenvalue weighted by atomic mass is 19.4. The predicted octanol–water partition coefficient (Wildman–Crippen LogP) is 3.12. The Hall–Kier alpha value is -0.290. The topological polar surface area (TPSA) is 21.3 Å². The lowest BCUT2D eigenvalue weighted by Gasteiger charge is -2.28. The maximum Gasteiger partial charge on any atom is 0.414 e. The van der Waals surface area contributed by atoms with Crippen molar-refractivity contribution < 1.29 is 17.9 Å². The van der Waals surface area contributed by atoms with Crippen LogP contribution in [0, 0.1) is 0 Å². The molecule has 16 heavy (non-hydrogen) atoms. The second-order valence-corrected chi connectivity index (χ2v) is 3.99. The van der Waals surface area contributed by atoms with E-state index in [-0.39, 0.29) is 6.04 Å². The summed E-state index contributed by atoms with van der Waals surface area (Å²) in [4.78, 5) is 0. The molecule has 0 saturated carbocycles. The maximum absolute atomic E-state index is 12.3. The third-order valence-electron chi connectivity index (χ3n) is 2.54. The quantitative estimate of drug-likeness (QED) is 0.739. The first-order valence-corrected chi connectivity index (χ1v) is 5.78. The van der Waals surface area contributed by atoms with Gasteiger partial charge in [0.25, 0.3) is 0 Å². The van der Waals surface area contributed by atoms with Gasteiger partial charge in [-0.15, -0.1) is 0 Å². The summed E-state index contributed by atoms with van der Waals surface area (Å²) >= 11 is 0. The van der Waals surface area contributed by atoms with Gasteiger partial charge in [-0.25, -0.2) is 0 Å². The molecule has 0 aliphatic carbocycles. The molecule has 2 nitrogen and oxygen atoms in total. The monoisotopic (exact) mass is 241 g/mol. The molecule has 0 heterocycles. The molecule has 0 bridgehead atoms. The fourth-order valence-electron chi connectivity index (χ4n) is 1.47. The molecule has 5 heteroatoms. The van der Waals surface area contributed by atoms with E-state index in [4.69, 9.17) is 4.74 Å². The Labute approximate surface area is 95.5 Å². The van der Waals surface area contributed by atoms with Gasteiger partial charge in [0, 0.05) is 6.04 Å². The highest BCUT2D eigenvalue weighted by Crippen LogP contribution is 2.24. The lowest BCUT2D eigenvalue weighted by molar-refractivity contribution is -0.227. The Morgan fingerprint density at radius 3 is 2.12 bits per heavy atom. The lowest BCUT2D eigenvalue weighted by atomic mass is 10.1. The molecule has 0 saturated heterocycles. The minimum atomic E-state index is -4.28. The molecule has 0 aromatic heterocycles. The van der Waals surface area contributed by atoms with Gasteiger partial charge in [0.2, 0.25) is 0 Å². The zero-order valence-corrected chi connectivity index (χ0v) is 10.4. The first-order valence-electron chi connectivity index (χ1n) is 5.78. The van der Waals surface area contributed by atoms with Crippen LogP contribution in [0.25, 0.3) is 0 Å². The highest BCUT2D eigenvalue weighted by Gasteiger charge is 2.38. The smallest absolute Gasteiger partial charge is 0.365 e. The summed E-state index contributed by atoms with van der Waals surface area (Å²) in [5, 5.41) is 3.18. The number of nitrogens with one attached hydrogen (secondary N) is 1. The van der Waals surface area contributed by atoms with Crippen LogP contribution in [0.1, 0.15) is 40.5 Å². The lowest BCUT2D eigenvalue weighted by Crippen LogP contribution is -2.43. The van der Waals surface area contributed by atoms with Crippen LogP contribution in [-0.2, 0) is 4.74 Å².